The Labute approximate surface area is 169 Å². The van der Waals surface area contributed by atoms with Gasteiger partial charge in [-0.1, -0.05) is 24.6 Å². The summed E-state index contributed by atoms with van der Waals surface area (Å²) in [5, 5.41) is 2.73. The predicted octanol–water partition coefficient (Wildman–Crippen LogP) is 3.28. The van der Waals surface area contributed by atoms with Gasteiger partial charge >= 0.3 is 0 Å². The number of nitrogens with one attached hydrogen (secondary N) is 1. The molecule has 1 N–H and O–H groups in total. The molecule has 2 aromatic carbocycles. The summed E-state index contributed by atoms with van der Waals surface area (Å²) in [5.74, 6) is -0.130. The molecule has 2 aromatic rings. The number of benzene rings is 2. The van der Waals surface area contributed by atoms with Crippen molar-refractivity contribution in [2.24, 2.45) is 4.40 Å². The number of hydrogen-bond donors (Lipinski definition) is 1. The number of halogens is 1. The van der Waals surface area contributed by atoms with E-state index in [1.807, 2.05) is 4.90 Å². The quantitative estimate of drug-likeness (QED) is 0.831. The van der Waals surface area contributed by atoms with Gasteiger partial charge in [-0.2, -0.15) is 8.42 Å². The Hall–Kier alpha value is -2.74. The third-order valence-electron chi connectivity index (χ3n) is 5.25. The minimum atomic E-state index is -3.84. The van der Waals surface area contributed by atoms with E-state index in [0.717, 1.165) is 25.8 Å². The predicted molar refractivity (Wildman–Crippen MR) is 109 cm³/mol. The highest BCUT2D eigenvalue weighted by Gasteiger charge is 2.32. The van der Waals surface area contributed by atoms with Crippen LogP contribution in [0.25, 0.3) is 0 Å². The summed E-state index contributed by atoms with van der Waals surface area (Å²) in [6, 6.07) is 11.1. The highest BCUT2D eigenvalue weighted by atomic mass is 32.2. The minimum Gasteiger partial charge on any atom is -0.352 e. The van der Waals surface area contributed by atoms with Gasteiger partial charge in [-0.05, 0) is 49.1 Å². The van der Waals surface area contributed by atoms with Gasteiger partial charge in [0, 0.05) is 25.1 Å². The molecule has 0 bridgehead atoms. The molecule has 1 amide bonds. The maximum atomic E-state index is 13.7. The number of rotatable bonds is 4. The molecule has 0 atom stereocenters. The van der Waals surface area contributed by atoms with Gasteiger partial charge in [0.25, 0.3) is 15.9 Å². The first-order valence-electron chi connectivity index (χ1n) is 9.73. The standard InChI is InChI=1S/C21H22FN3O3S/c22-17-7-4-3-6-15(17)11-12-23-21(26)16-9-10-18-19(14-16)29(27,28)24-20-8-2-1-5-13-25(18)20/h3-4,6-7,9-10,14H,1-2,5,8,11-13H2,(H,23,26). The van der Waals surface area contributed by atoms with Crippen molar-refractivity contribution in [2.75, 3.05) is 18.0 Å². The summed E-state index contributed by atoms with van der Waals surface area (Å²) in [6.07, 6.45) is 3.91. The van der Waals surface area contributed by atoms with E-state index in [1.165, 1.54) is 12.1 Å². The Bertz CT molecular complexity index is 1080. The number of anilines is 1. The van der Waals surface area contributed by atoms with Crippen LogP contribution in [0.15, 0.2) is 51.8 Å². The molecule has 1 saturated heterocycles. The van der Waals surface area contributed by atoms with E-state index in [4.69, 9.17) is 0 Å². The molecule has 4 rings (SSSR count). The number of amides is 1. The Morgan fingerprint density at radius 2 is 1.97 bits per heavy atom. The molecule has 0 radical (unpaired) electrons. The molecular formula is C21H22FN3O3S. The van der Waals surface area contributed by atoms with Crippen LogP contribution in [0.5, 0.6) is 0 Å². The zero-order valence-corrected chi connectivity index (χ0v) is 16.7. The van der Waals surface area contributed by atoms with Gasteiger partial charge in [0.2, 0.25) is 0 Å². The largest absolute Gasteiger partial charge is 0.352 e. The summed E-state index contributed by atoms with van der Waals surface area (Å²) in [4.78, 5) is 14.5. The van der Waals surface area contributed by atoms with Gasteiger partial charge in [0.15, 0.2) is 0 Å². The van der Waals surface area contributed by atoms with Crippen molar-refractivity contribution in [2.45, 2.75) is 37.0 Å². The van der Waals surface area contributed by atoms with Crippen molar-refractivity contribution in [1.29, 1.82) is 0 Å². The number of sulfonamides is 1. The Morgan fingerprint density at radius 1 is 1.14 bits per heavy atom. The van der Waals surface area contributed by atoms with E-state index < -0.39 is 15.9 Å². The summed E-state index contributed by atoms with van der Waals surface area (Å²) in [5.41, 5.74) is 1.35. The van der Waals surface area contributed by atoms with Gasteiger partial charge < -0.3 is 10.2 Å². The molecule has 2 aliphatic rings. The molecule has 2 heterocycles. The lowest BCUT2D eigenvalue weighted by Crippen LogP contribution is -2.35. The van der Waals surface area contributed by atoms with Gasteiger partial charge in [0.05, 0.1) is 5.69 Å². The summed E-state index contributed by atoms with van der Waals surface area (Å²) in [6.45, 7) is 0.966. The second-order valence-corrected chi connectivity index (χ2v) is 8.80. The van der Waals surface area contributed by atoms with Crippen LogP contribution in [0.2, 0.25) is 0 Å². The topological polar surface area (TPSA) is 78.8 Å². The van der Waals surface area contributed by atoms with Crippen LogP contribution in [0, 0.1) is 5.82 Å². The van der Waals surface area contributed by atoms with Crippen molar-refractivity contribution >= 4 is 27.5 Å². The lowest BCUT2D eigenvalue weighted by molar-refractivity contribution is 0.0954. The summed E-state index contributed by atoms with van der Waals surface area (Å²) in [7, 11) is -3.84. The van der Waals surface area contributed by atoms with Crippen LogP contribution in [0.4, 0.5) is 10.1 Å². The molecule has 0 saturated carbocycles. The molecule has 2 aliphatic heterocycles. The van der Waals surface area contributed by atoms with Gasteiger partial charge in [-0.15, -0.1) is 4.40 Å². The van der Waals surface area contributed by atoms with E-state index in [0.29, 0.717) is 29.9 Å². The zero-order valence-electron chi connectivity index (χ0n) is 15.9. The lowest BCUT2D eigenvalue weighted by Gasteiger charge is -2.29. The molecule has 0 unspecified atom stereocenters. The monoisotopic (exact) mass is 415 g/mol. The molecule has 6 nitrogen and oxygen atoms in total. The number of amidine groups is 1. The van der Waals surface area contributed by atoms with E-state index >= 15 is 0 Å². The van der Waals surface area contributed by atoms with Gasteiger partial charge in [0.1, 0.15) is 16.5 Å². The van der Waals surface area contributed by atoms with E-state index in [-0.39, 0.29) is 22.8 Å². The highest BCUT2D eigenvalue weighted by Crippen LogP contribution is 2.34. The molecular weight excluding hydrogens is 393 g/mol. The number of hydrogen-bond acceptors (Lipinski definition) is 4. The Morgan fingerprint density at radius 3 is 2.79 bits per heavy atom. The van der Waals surface area contributed by atoms with Crippen molar-refractivity contribution in [3.63, 3.8) is 0 Å². The van der Waals surface area contributed by atoms with Gasteiger partial charge in [-0.25, -0.2) is 4.39 Å². The molecule has 0 aromatic heterocycles. The van der Waals surface area contributed by atoms with E-state index in [9.17, 15) is 17.6 Å². The van der Waals surface area contributed by atoms with Crippen molar-refractivity contribution in [1.82, 2.24) is 5.32 Å². The van der Waals surface area contributed by atoms with Crippen molar-refractivity contribution in [3.8, 4) is 0 Å². The van der Waals surface area contributed by atoms with Crippen LogP contribution in [-0.4, -0.2) is 33.3 Å². The zero-order chi connectivity index (χ0) is 20.4. The second kappa shape index (κ2) is 7.94. The number of fused-ring (bicyclic) bond motifs is 3. The fourth-order valence-corrected chi connectivity index (χ4v) is 5.02. The fourth-order valence-electron chi connectivity index (χ4n) is 3.74. The van der Waals surface area contributed by atoms with Crippen molar-refractivity contribution in [3.05, 3.63) is 59.4 Å². The third-order valence-corrected chi connectivity index (χ3v) is 6.58. The molecule has 1 fully saturated rings. The number of carbonyl (C=O) groups is 1. The molecule has 0 spiro atoms. The van der Waals surface area contributed by atoms with Crippen molar-refractivity contribution < 1.29 is 17.6 Å². The fraction of sp³-hybridized carbons (Fsp3) is 0.333. The molecule has 152 valence electrons. The highest BCUT2D eigenvalue weighted by molar-refractivity contribution is 7.90. The van der Waals surface area contributed by atoms with Crippen LogP contribution in [0.1, 0.15) is 41.6 Å². The Kier molecular flexibility index (Phi) is 5.36. The lowest BCUT2D eigenvalue weighted by atomic mass is 10.1. The van der Waals surface area contributed by atoms with E-state index in [2.05, 4.69) is 9.71 Å². The first-order valence-corrected chi connectivity index (χ1v) is 11.2. The maximum Gasteiger partial charge on any atom is 0.286 e. The molecule has 29 heavy (non-hydrogen) atoms. The SMILES string of the molecule is O=C(NCCc1ccccc1F)c1ccc2c(c1)S(=O)(=O)N=C1CCCCCN12. The Balaban J connectivity index is 1.52. The van der Waals surface area contributed by atoms with Gasteiger partial charge in [-0.3, -0.25) is 4.79 Å². The average molecular weight is 415 g/mol. The second-order valence-electron chi connectivity index (χ2n) is 7.22. The maximum absolute atomic E-state index is 13.7. The summed E-state index contributed by atoms with van der Waals surface area (Å²) < 4.78 is 43.0. The number of nitrogens with zero attached hydrogens (tertiary/aromatic N) is 2. The smallest absolute Gasteiger partial charge is 0.286 e. The van der Waals surface area contributed by atoms with Crippen LogP contribution in [0.3, 0.4) is 0 Å². The minimum absolute atomic E-state index is 0.0601. The van der Waals surface area contributed by atoms with E-state index in [1.54, 1.807) is 30.3 Å². The van der Waals surface area contributed by atoms with Crippen LogP contribution >= 0.6 is 0 Å². The third kappa shape index (κ3) is 4.03. The molecule has 0 aliphatic carbocycles. The normalized spacial score (nSPS) is 17.6. The first kappa shape index (κ1) is 19.6. The first-order chi connectivity index (χ1) is 14.0. The number of carbonyl (C=O) groups excluding carboxylic acids is 1. The average Bonchev–Trinajstić information content (AvgIpc) is 2.94. The summed E-state index contributed by atoms with van der Waals surface area (Å²) >= 11 is 0. The van der Waals surface area contributed by atoms with Crippen LogP contribution < -0.4 is 10.2 Å². The molecule has 8 heteroatoms. The van der Waals surface area contributed by atoms with Crippen LogP contribution in [-0.2, 0) is 16.4 Å².